The minimum absolute atomic E-state index is 0.965. The molecule has 0 aliphatic heterocycles. The van der Waals surface area contributed by atoms with E-state index in [9.17, 15) is 0 Å². The topological polar surface area (TPSA) is 19.4 Å². The van der Waals surface area contributed by atoms with Crippen LogP contribution in [0.15, 0.2) is 0 Å². The lowest BCUT2D eigenvalue weighted by Gasteiger charge is -2.36. The molecule has 0 amide bonds. The van der Waals surface area contributed by atoms with E-state index in [1.165, 1.54) is 0 Å². The Morgan fingerprint density at radius 1 is 0.368 bits per heavy atom. The Hall–Kier alpha value is -0.240. The third-order valence-electron chi connectivity index (χ3n) is 2.33. The average molecular weight is 274 g/mol. The van der Waals surface area contributed by atoms with Gasteiger partial charge in [0.05, 0.1) is 33.3 Å². The quantitative estimate of drug-likeness (QED) is 0.503. The first-order valence-corrected chi connectivity index (χ1v) is 6.74. The second-order valence-electron chi connectivity index (χ2n) is 6.37. The molecule has 0 aliphatic rings. The Bertz CT molecular complexity index is 175. The summed E-state index contributed by atoms with van der Waals surface area (Å²) in [5.41, 5.74) is 0. The van der Waals surface area contributed by atoms with Gasteiger partial charge in [0.15, 0.2) is 0 Å². The molecular weight excluding hydrogens is 240 g/mol. The van der Waals surface area contributed by atoms with Gasteiger partial charge < -0.3 is 0 Å². The first-order chi connectivity index (χ1) is 8.70. The van der Waals surface area contributed by atoms with Gasteiger partial charge in [0.2, 0.25) is 0 Å². The van der Waals surface area contributed by atoms with Gasteiger partial charge >= 0.3 is 0 Å². The van der Waals surface area contributed by atoms with E-state index >= 15 is 0 Å². The highest BCUT2D eigenvalue weighted by Gasteiger charge is 2.14. The Morgan fingerprint density at radius 3 is 0.737 bits per heavy atom. The van der Waals surface area contributed by atoms with Crippen LogP contribution in [0.3, 0.4) is 0 Å². The smallest absolute Gasteiger partial charge is 0.0555 e. The molecule has 0 unspecified atom stereocenters. The predicted octanol–water partition coefficient (Wildman–Crippen LogP) is -0.376. The van der Waals surface area contributed by atoms with Gasteiger partial charge in [0.1, 0.15) is 0 Å². The van der Waals surface area contributed by atoms with Crippen molar-refractivity contribution >= 4 is 0 Å². The van der Waals surface area contributed by atoms with Crippen molar-refractivity contribution < 1.29 is 0 Å². The molecule has 6 heteroatoms. The van der Waals surface area contributed by atoms with Crippen molar-refractivity contribution in [1.29, 1.82) is 0 Å². The van der Waals surface area contributed by atoms with Crippen LogP contribution in [0, 0.1) is 0 Å². The van der Waals surface area contributed by atoms with E-state index in [1.54, 1.807) is 0 Å². The molecule has 6 nitrogen and oxygen atoms in total. The number of nitrogens with zero attached hydrogens (tertiary/aromatic N) is 6. The Balaban J connectivity index is 4.51. The van der Waals surface area contributed by atoms with E-state index in [1.807, 2.05) is 0 Å². The molecule has 0 aliphatic carbocycles. The minimum atomic E-state index is 0.965. The zero-order valence-electron chi connectivity index (χ0n) is 14.2. The van der Waals surface area contributed by atoms with E-state index in [0.29, 0.717) is 0 Å². The molecule has 0 aromatic heterocycles. The van der Waals surface area contributed by atoms with Crippen molar-refractivity contribution in [2.75, 3.05) is 89.7 Å². The molecule has 0 saturated heterocycles. The molecule has 0 aromatic rings. The van der Waals surface area contributed by atoms with Crippen LogP contribution in [-0.2, 0) is 0 Å². The van der Waals surface area contributed by atoms with Crippen molar-refractivity contribution in [3.05, 3.63) is 0 Å². The lowest BCUT2D eigenvalue weighted by Crippen LogP contribution is -2.50. The molecular formula is C13H34N6. The third kappa shape index (κ3) is 11.3. The maximum absolute atomic E-state index is 2.44. The van der Waals surface area contributed by atoms with E-state index < -0.39 is 0 Å². The zero-order valence-corrected chi connectivity index (χ0v) is 14.2. The predicted molar refractivity (Wildman–Crippen MR) is 82.8 cm³/mol. The first-order valence-electron chi connectivity index (χ1n) is 6.74. The highest BCUT2D eigenvalue weighted by molar-refractivity contribution is 4.59. The summed E-state index contributed by atoms with van der Waals surface area (Å²) in [5, 5.41) is 0. The molecule has 0 atom stereocenters. The maximum Gasteiger partial charge on any atom is 0.0555 e. The fourth-order valence-electron chi connectivity index (χ4n) is 2.15. The normalized spacial score (nSPS) is 12.9. The molecule has 0 rings (SSSR count). The number of hydrogen-bond acceptors (Lipinski definition) is 6. The summed E-state index contributed by atoms with van der Waals surface area (Å²) in [5.74, 6) is 0. The molecule has 19 heavy (non-hydrogen) atoms. The van der Waals surface area contributed by atoms with Crippen molar-refractivity contribution in [2.45, 2.75) is 0 Å². The monoisotopic (exact) mass is 274 g/mol. The Kier molecular flexibility index (Phi) is 9.51. The Morgan fingerprint density at radius 2 is 0.579 bits per heavy atom. The fourth-order valence-corrected chi connectivity index (χ4v) is 2.15. The molecule has 0 saturated carbocycles. The highest BCUT2D eigenvalue weighted by atomic mass is 15.5. The largest absolute Gasteiger partial charge is 0.297 e. The van der Waals surface area contributed by atoms with Crippen LogP contribution in [0.25, 0.3) is 0 Å². The Labute approximate surface area is 120 Å². The number of hydrogen-bond donors (Lipinski definition) is 0. The van der Waals surface area contributed by atoms with Gasteiger partial charge in [0.25, 0.3) is 0 Å². The van der Waals surface area contributed by atoms with Crippen LogP contribution in [0.4, 0.5) is 0 Å². The van der Waals surface area contributed by atoms with Crippen LogP contribution in [0.1, 0.15) is 0 Å². The highest BCUT2D eigenvalue weighted by Crippen LogP contribution is 1.99. The van der Waals surface area contributed by atoms with E-state index in [4.69, 9.17) is 0 Å². The van der Waals surface area contributed by atoms with Gasteiger partial charge in [-0.1, -0.05) is 0 Å². The lowest BCUT2D eigenvalue weighted by atomic mass is 10.6. The molecule has 0 heterocycles. The summed E-state index contributed by atoms with van der Waals surface area (Å²) >= 11 is 0. The summed E-state index contributed by atoms with van der Waals surface area (Å²) in [6.07, 6.45) is 0. The molecule has 0 fully saturated rings. The van der Waals surface area contributed by atoms with Crippen LogP contribution in [-0.4, -0.2) is 119 Å². The summed E-state index contributed by atoms with van der Waals surface area (Å²) in [6, 6.07) is 0. The summed E-state index contributed by atoms with van der Waals surface area (Å²) in [6.45, 7) is 4.84. The minimum Gasteiger partial charge on any atom is -0.297 e. The summed E-state index contributed by atoms with van der Waals surface area (Å²) < 4.78 is 0. The van der Waals surface area contributed by atoms with Gasteiger partial charge in [-0.3, -0.25) is 29.4 Å². The average Bonchev–Trinajstić information content (AvgIpc) is 2.11. The van der Waals surface area contributed by atoms with Crippen molar-refractivity contribution in [3.8, 4) is 0 Å². The molecule has 0 N–H and O–H groups in total. The molecule has 0 radical (unpaired) electrons. The molecule has 0 aromatic carbocycles. The lowest BCUT2D eigenvalue weighted by molar-refractivity contribution is 0.0149. The second kappa shape index (κ2) is 9.63. The van der Waals surface area contributed by atoms with E-state index in [0.717, 1.165) is 33.3 Å². The van der Waals surface area contributed by atoms with E-state index in [2.05, 4.69) is 85.8 Å². The van der Waals surface area contributed by atoms with Crippen LogP contribution in [0.5, 0.6) is 0 Å². The molecule has 0 spiro atoms. The standard InChI is InChI=1S/C13H34N6/c1-14(2)9-18(10-15(3)4)13-19(11-16(5)6)12-17(7)8/h9-13H2,1-8H3. The van der Waals surface area contributed by atoms with Crippen LogP contribution in [0.2, 0.25) is 0 Å². The van der Waals surface area contributed by atoms with Gasteiger partial charge in [0, 0.05) is 0 Å². The van der Waals surface area contributed by atoms with Gasteiger partial charge in [-0.05, 0) is 56.4 Å². The molecule has 0 bridgehead atoms. The third-order valence-corrected chi connectivity index (χ3v) is 2.33. The summed E-state index contributed by atoms with van der Waals surface area (Å²) in [4.78, 5) is 13.7. The zero-order chi connectivity index (χ0) is 15.0. The SMILES string of the molecule is CN(C)CN(CN(C)C)CN(CN(C)C)CN(C)C. The summed E-state index contributed by atoms with van der Waals surface area (Å²) in [7, 11) is 16.9. The van der Waals surface area contributed by atoms with Crippen molar-refractivity contribution in [3.63, 3.8) is 0 Å². The molecule has 116 valence electrons. The first kappa shape index (κ1) is 18.8. The van der Waals surface area contributed by atoms with Crippen molar-refractivity contribution in [2.24, 2.45) is 0 Å². The number of rotatable bonds is 10. The maximum atomic E-state index is 2.44. The second-order valence-corrected chi connectivity index (χ2v) is 6.37. The van der Waals surface area contributed by atoms with Crippen LogP contribution >= 0.6 is 0 Å². The van der Waals surface area contributed by atoms with Gasteiger partial charge in [-0.15, -0.1) is 0 Å². The van der Waals surface area contributed by atoms with Crippen molar-refractivity contribution in [1.82, 2.24) is 29.4 Å². The van der Waals surface area contributed by atoms with Crippen LogP contribution < -0.4 is 0 Å². The van der Waals surface area contributed by atoms with E-state index in [-0.39, 0.29) is 0 Å². The van der Waals surface area contributed by atoms with Gasteiger partial charge in [-0.25, -0.2) is 0 Å². The van der Waals surface area contributed by atoms with Gasteiger partial charge in [-0.2, -0.15) is 0 Å². The fraction of sp³-hybridized carbons (Fsp3) is 1.00.